The van der Waals surface area contributed by atoms with Gasteiger partial charge in [0, 0.05) is 48.3 Å². The SMILES string of the molecule is CCn1c2c(c(=O)n(C)c1=O)C(c1cc(F)cc(C(F)(F)F)c1)C1=C(C2)c2ccccc2C1=O. The predicted molar refractivity (Wildman–Crippen MR) is 116 cm³/mol. The van der Waals surface area contributed by atoms with E-state index >= 15 is 0 Å². The van der Waals surface area contributed by atoms with Crippen LogP contribution in [0, 0.1) is 5.82 Å². The highest BCUT2D eigenvalue weighted by atomic mass is 19.4. The van der Waals surface area contributed by atoms with Gasteiger partial charge < -0.3 is 0 Å². The zero-order valence-corrected chi connectivity index (χ0v) is 18.2. The molecule has 0 saturated heterocycles. The lowest BCUT2D eigenvalue weighted by molar-refractivity contribution is -0.137. The smallest absolute Gasteiger partial charge is 0.297 e. The number of Topliss-reactive ketones (excluding diaryl/α,β-unsaturated/α-hetero) is 1. The molecule has 0 N–H and O–H groups in total. The summed E-state index contributed by atoms with van der Waals surface area (Å²) < 4.78 is 57.3. The van der Waals surface area contributed by atoms with Crippen LogP contribution in [0.1, 0.15) is 51.1 Å². The second-order valence-electron chi connectivity index (χ2n) is 8.40. The number of carbonyl (C=O) groups excluding carboxylic acids is 1. The van der Waals surface area contributed by atoms with Crippen molar-refractivity contribution in [3.63, 3.8) is 0 Å². The average Bonchev–Trinajstić information content (AvgIpc) is 3.08. The van der Waals surface area contributed by atoms with Crippen LogP contribution in [-0.4, -0.2) is 14.9 Å². The van der Waals surface area contributed by atoms with Crippen molar-refractivity contribution in [1.82, 2.24) is 9.13 Å². The highest BCUT2D eigenvalue weighted by Crippen LogP contribution is 2.48. The van der Waals surface area contributed by atoms with Crippen LogP contribution in [0.5, 0.6) is 0 Å². The molecule has 9 heteroatoms. The zero-order chi connectivity index (χ0) is 24.5. The molecule has 1 heterocycles. The number of benzene rings is 2. The zero-order valence-electron chi connectivity index (χ0n) is 18.2. The molecule has 2 aromatic carbocycles. The number of alkyl halides is 3. The third kappa shape index (κ3) is 3.03. The molecule has 0 radical (unpaired) electrons. The summed E-state index contributed by atoms with van der Waals surface area (Å²) >= 11 is 0. The van der Waals surface area contributed by atoms with Gasteiger partial charge in [-0.3, -0.25) is 18.7 Å². The summed E-state index contributed by atoms with van der Waals surface area (Å²) in [6.45, 7) is 1.92. The fourth-order valence-corrected chi connectivity index (χ4v) is 5.09. The third-order valence-corrected chi connectivity index (χ3v) is 6.57. The van der Waals surface area contributed by atoms with E-state index in [4.69, 9.17) is 0 Å². The van der Waals surface area contributed by atoms with E-state index in [2.05, 4.69) is 0 Å². The molecule has 5 nitrogen and oxygen atoms in total. The van der Waals surface area contributed by atoms with Crippen molar-refractivity contribution in [2.24, 2.45) is 7.05 Å². The minimum Gasteiger partial charge on any atom is -0.297 e. The van der Waals surface area contributed by atoms with Crippen LogP contribution < -0.4 is 11.2 Å². The Balaban J connectivity index is 1.90. The van der Waals surface area contributed by atoms with Gasteiger partial charge in [-0.25, -0.2) is 9.18 Å². The summed E-state index contributed by atoms with van der Waals surface area (Å²) in [6.07, 6.45) is -4.74. The van der Waals surface area contributed by atoms with Crippen LogP contribution in [0.25, 0.3) is 5.57 Å². The van der Waals surface area contributed by atoms with Gasteiger partial charge in [0.2, 0.25) is 0 Å². The molecule has 1 unspecified atom stereocenters. The van der Waals surface area contributed by atoms with Gasteiger partial charge in [-0.1, -0.05) is 24.3 Å². The van der Waals surface area contributed by atoms with Crippen molar-refractivity contribution in [1.29, 1.82) is 0 Å². The molecule has 0 saturated carbocycles. The molecule has 5 rings (SSSR count). The number of aromatic nitrogens is 2. The lowest BCUT2D eigenvalue weighted by atomic mass is 9.76. The molecule has 0 fully saturated rings. The van der Waals surface area contributed by atoms with Crippen LogP contribution in [0.4, 0.5) is 17.6 Å². The van der Waals surface area contributed by atoms with Crippen LogP contribution in [0.15, 0.2) is 57.6 Å². The fourth-order valence-electron chi connectivity index (χ4n) is 5.09. The fraction of sp³-hybridized carbons (Fsp3) is 0.240. The van der Waals surface area contributed by atoms with E-state index in [1.807, 2.05) is 0 Å². The standard InChI is InChI=1S/C25H18F4N2O3/c1-3-31-18-11-17-15-6-4-5-7-16(15)22(32)20(17)19(21(18)23(33)30(2)24(31)34)12-8-13(25(27,28)29)10-14(26)9-12/h4-10,19H,3,11H2,1-2H3. The van der Waals surface area contributed by atoms with Crippen molar-refractivity contribution in [2.75, 3.05) is 0 Å². The highest BCUT2D eigenvalue weighted by Gasteiger charge is 2.43. The van der Waals surface area contributed by atoms with Crippen molar-refractivity contribution < 1.29 is 22.4 Å². The maximum absolute atomic E-state index is 14.4. The molecule has 1 aromatic heterocycles. The van der Waals surface area contributed by atoms with E-state index in [9.17, 15) is 31.9 Å². The van der Waals surface area contributed by atoms with Crippen molar-refractivity contribution >= 4 is 11.4 Å². The first-order chi connectivity index (χ1) is 16.0. The number of halogens is 4. The Kier molecular flexibility index (Phi) is 4.79. The Morgan fingerprint density at radius 3 is 2.35 bits per heavy atom. The van der Waals surface area contributed by atoms with Crippen molar-refractivity contribution in [3.8, 4) is 0 Å². The number of nitrogens with zero attached hydrogens (tertiary/aromatic N) is 2. The summed E-state index contributed by atoms with van der Waals surface area (Å²) in [7, 11) is 1.27. The Morgan fingerprint density at radius 1 is 1.03 bits per heavy atom. The van der Waals surface area contributed by atoms with E-state index in [0.29, 0.717) is 28.5 Å². The Labute approximate surface area is 190 Å². The van der Waals surface area contributed by atoms with Gasteiger partial charge in [0.15, 0.2) is 5.78 Å². The van der Waals surface area contributed by atoms with Crippen LogP contribution in [0.3, 0.4) is 0 Å². The molecule has 3 aromatic rings. The minimum absolute atomic E-state index is 0.0163. The second-order valence-corrected chi connectivity index (χ2v) is 8.40. The number of allylic oxidation sites excluding steroid dienone is 2. The van der Waals surface area contributed by atoms with E-state index in [1.54, 1.807) is 31.2 Å². The first-order valence-electron chi connectivity index (χ1n) is 10.6. The van der Waals surface area contributed by atoms with Gasteiger partial charge in [-0.2, -0.15) is 13.2 Å². The van der Waals surface area contributed by atoms with E-state index in [1.165, 1.54) is 11.6 Å². The van der Waals surface area contributed by atoms with Gasteiger partial charge in [-0.05, 0) is 41.8 Å². The predicted octanol–water partition coefficient (Wildman–Crippen LogP) is 4.06. The number of fused-ring (bicyclic) bond motifs is 3. The molecule has 34 heavy (non-hydrogen) atoms. The van der Waals surface area contributed by atoms with E-state index in [-0.39, 0.29) is 29.7 Å². The van der Waals surface area contributed by atoms with Crippen LogP contribution in [0.2, 0.25) is 0 Å². The monoisotopic (exact) mass is 470 g/mol. The summed E-state index contributed by atoms with van der Waals surface area (Å²) in [6, 6.07) is 8.78. The molecule has 0 amide bonds. The number of carbonyl (C=O) groups is 1. The summed E-state index contributed by atoms with van der Waals surface area (Å²) in [5.41, 5.74) is -0.701. The van der Waals surface area contributed by atoms with Gasteiger partial charge in [0.05, 0.1) is 5.56 Å². The molecule has 2 aliphatic rings. The second kappa shape index (κ2) is 7.38. The molecule has 2 aliphatic carbocycles. The number of rotatable bonds is 2. The molecule has 0 bridgehead atoms. The third-order valence-electron chi connectivity index (χ3n) is 6.57. The van der Waals surface area contributed by atoms with Gasteiger partial charge in [-0.15, -0.1) is 0 Å². The lowest BCUT2D eigenvalue weighted by Crippen LogP contribution is -2.44. The van der Waals surface area contributed by atoms with Gasteiger partial charge in [0.25, 0.3) is 5.56 Å². The molecular weight excluding hydrogens is 452 g/mol. The van der Waals surface area contributed by atoms with Crippen molar-refractivity contribution in [2.45, 2.75) is 32.0 Å². The molecule has 0 spiro atoms. The van der Waals surface area contributed by atoms with Gasteiger partial charge >= 0.3 is 11.9 Å². The average molecular weight is 470 g/mol. The summed E-state index contributed by atoms with van der Waals surface area (Å²) in [4.78, 5) is 39.6. The lowest BCUT2D eigenvalue weighted by Gasteiger charge is -2.30. The largest absolute Gasteiger partial charge is 0.416 e. The molecular formula is C25H18F4N2O3. The summed E-state index contributed by atoms with van der Waals surface area (Å²) in [5, 5.41) is 0. The van der Waals surface area contributed by atoms with Crippen LogP contribution in [-0.2, 0) is 26.2 Å². The number of hydrogen-bond acceptors (Lipinski definition) is 3. The Morgan fingerprint density at radius 2 is 1.71 bits per heavy atom. The quantitative estimate of drug-likeness (QED) is 0.531. The first-order valence-corrected chi connectivity index (χ1v) is 10.6. The Hall–Kier alpha value is -3.75. The molecule has 174 valence electrons. The topological polar surface area (TPSA) is 61.1 Å². The first kappa shape index (κ1) is 22.1. The van der Waals surface area contributed by atoms with Crippen LogP contribution >= 0.6 is 0 Å². The number of hydrogen-bond donors (Lipinski definition) is 0. The van der Waals surface area contributed by atoms with Crippen molar-refractivity contribution in [3.05, 3.63) is 108 Å². The number of ketones is 1. The highest BCUT2D eigenvalue weighted by molar-refractivity contribution is 6.22. The van der Waals surface area contributed by atoms with Gasteiger partial charge in [0.1, 0.15) is 5.82 Å². The molecule has 1 atom stereocenters. The maximum Gasteiger partial charge on any atom is 0.416 e. The molecule has 0 aliphatic heterocycles. The van der Waals surface area contributed by atoms with E-state index < -0.39 is 40.5 Å². The minimum atomic E-state index is -4.83. The van der Waals surface area contributed by atoms with E-state index in [0.717, 1.165) is 16.7 Å². The Bertz CT molecular complexity index is 1540. The summed E-state index contributed by atoms with van der Waals surface area (Å²) in [5.74, 6) is -2.81. The normalized spacial score (nSPS) is 17.0. The maximum atomic E-state index is 14.4.